The number of halogens is 1. The van der Waals surface area contributed by atoms with Crippen LogP contribution in [0.1, 0.15) is 18.4 Å². The first-order valence-corrected chi connectivity index (χ1v) is 10.5. The SMILES string of the molecule is Br.O=C(O)CCC(=O)N=C1SC2CS(=O)(=O)CC2N1Cc1ccccc1. The van der Waals surface area contributed by atoms with Crippen LogP contribution in [-0.2, 0) is 26.0 Å². The highest BCUT2D eigenvalue weighted by Crippen LogP contribution is 2.39. The molecule has 0 bridgehead atoms. The summed E-state index contributed by atoms with van der Waals surface area (Å²) in [6, 6.07) is 9.36. The molecule has 0 radical (unpaired) electrons. The summed E-state index contributed by atoms with van der Waals surface area (Å²) in [5.41, 5.74) is 0.999. The van der Waals surface area contributed by atoms with Crippen molar-refractivity contribution in [1.29, 1.82) is 0 Å². The van der Waals surface area contributed by atoms with E-state index in [0.717, 1.165) is 5.56 Å². The fourth-order valence-corrected chi connectivity index (χ4v) is 6.95. The summed E-state index contributed by atoms with van der Waals surface area (Å²) in [5.74, 6) is -1.40. The van der Waals surface area contributed by atoms with Crippen LogP contribution in [0.15, 0.2) is 35.3 Å². The number of aliphatic imine (C=N–C) groups is 1. The largest absolute Gasteiger partial charge is 0.481 e. The van der Waals surface area contributed by atoms with Crippen molar-refractivity contribution in [3.63, 3.8) is 0 Å². The van der Waals surface area contributed by atoms with E-state index >= 15 is 0 Å². The van der Waals surface area contributed by atoms with Gasteiger partial charge in [0, 0.05) is 18.2 Å². The topological polar surface area (TPSA) is 104 Å². The maximum absolute atomic E-state index is 11.9. The Hall–Kier alpha value is -1.39. The Labute approximate surface area is 166 Å². The molecule has 2 aliphatic rings. The van der Waals surface area contributed by atoms with Crippen LogP contribution in [0.2, 0.25) is 0 Å². The van der Waals surface area contributed by atoms with E-state index in [2.05, 4.69) is 4.99 Å². The Balaban J connectivity index is 0.00000243. The highest BCUT2D eigenvalue weighted by molar-refractivity contribution is 8.93. The molecule has 10 heteroatoms. The Morgan fingerprint density at radius 1 is 1.19 bits per heavy atom. The number of carbonyl (C=O) groups is 2. The van der Waals surface area contributed by atoms with Crippen molar-refractivity contribution in [2.24, 2.45) is 4.99 Å². The molecule has 2 aliphatic heterocycles. The third-order valence-electron chi connectivity index (χ3n) is 4.14. The van der Waals surface area contributed by atoms with E-state index in [1.807, 2.05) is 35.2 Å². The van der Waals surface area contributed by atoms with Gasteiger partial charge >= 0.3 is 5.97 Å². The smallest absolute Gasteiger partial charge is 0.303 e. The highest BCUT2D eigenvalue weighted by Gasteiger charge is 2.48. The first kappa shape index (κ1) is 20.9. The number of hydrogen-bond donors (Lipinski definition) is 1. The lowest BCUT2D eigenvalue weighted by molar-refractivity contribution is -0.138. The molecule has 142 valence electrons. The zero-order chi connectivity index (χ0) is 18.0. The Bertz CT molecular complexity index is 813. The predicted molar refractivity (Wildman–Crippen MR) is 105 cm³/mol. The number of sulfone groups is 1. The second-order valence-corrected chi connectivity index (χ2v) is 9.46. The second-order valence-electron chi connectivity index (χ2n) is 6.10. The number of carbonyl (C=O) groups excluding carboxylic acids is 1. The second kappa shape index (κ2) is 8.53. The van der Waals surface area contributed by atoms with Gasteiger partial charge in [-0.1, -0.05) is 42.1 Å². The molecule has 1 amide bonds. The lowest BCUT2D eigenvalue weighted by Gasteiger charge is -2.24. The lowest BCUT2D eigenvalue weighted by Crippen LogP contribution is -2.37. The van der Waals surface area contributed by atoms with E-state index in [-0.39, 0.29) is 52.6 Å². The minimum Gasteiger partial charge on any atom is -0.481 e. The third-order valence-corrected chi connectivity index (χ3v) is 7.39. The maximum Gasteiger partial charge on any atom is 0.303 e. The molecule has 7 nitrogen and oxygen atoms in total. The molecule has 3 rings (SSSR count). The van der Waals surface area contributed by atoms with Gasteiger partial charge in [0.2, 0.25) is 5.91 Å². The molecule has 1 aromatic rings. The van der Waals surface area contributed by atoms with Crippen LogP contribution < -0.4 is 0 Å². The average Bonchev–Trinajstić information content (AvgIpc) is 2.99. The van der Waals surface area contributed by atoms with Gasteiger partial charge in [0.15, 0.2) is 15.0 Å². The van der Waals surface area contributed by atoms with Gasteiger partial charge in [0.1, 0.15) is 0 Å². The van der Waals surface area contributed by atoms with Crippen LogP contribution in [-0.4, -0.2) is 58.3 Å². The van der Waals surface area contributed by atoms with E-state index in [9.17, 15) is 18.0 Å². The van der Waals surface area contributed by atoms with Crippen molar-refractivity contribution in [3.05, 3.63) is 35.9 Å². The van der Waals surface area contributed by atoms with E-state index in [4.69, 9.17) is 5.11 Å². The minimum absolute atomic E-state index is 0. The average molecular weight is 463 g/mol. The Morgan fingerprint density at radius 2 is 1.88 bits per heavy atom. The van der Waals surface area contributed by atoms with Gasteiger partial charge in [0.05, 0.1) is 24.0 Å². The molecule has 1 aromatic carbocycles. The van der Waals surface area contributed by atoms with Crippen LogP contribution in [0.5, 0.6) is 0 Å². The van der Waals surface area contributed by atoms with E-state index < -0.39 is 21.7 Å². The van der Waals surface area contributed by atoms with Gasteiger partial charge in [0.25, 0.3) is 0 Å². The van der Waals surface area contributed by atoms with Crippen LogP contribution in [0.25, 0.3) is 0 Å². The fraction of sp³-hybridized carbons (Fsp3) is 0.438. The van der Waals surface area contributed by atoms with Gasteiger partial charge in [-0.25, -0.2) is 8.42 Å². The molecule has 26 heavy (non-hydrogen) atoms. The summed E-state index contributed by atoms with van der Waals surface area (Å²) >= 11 is 1.30. The summed E-state index contributed by atoms with van der Waals surface area (Å²) in [7, 11) is -3.08. The summed E-state index contributed by atoms with van der Waals surface area (Å²) < 4.78 is 23.9. The number of nitrogens with zero attached hydrogens (tertiary/aromatic N) is 2. The molecule has 1 N–H and O–H groups in total. The summed E-state index contributed by atoms with van der Waals surface area (Å²) in [6.45, 7) is 0.468. The number of carboxylic acids is 1. The van der Waals surface area contributed by atoms with Crippen molar-refractivity contribution in [1.82, 2.24) is 4.90 Å². The number of benzene rings is 1. The zero-order valence-electron chi connectivity index (χ0n) is 13.8. The summed E-state index contributed by atoms with van der Waals surface area (Å²) in [4.78, 5) is 28.5. The number of amides is 1. The van der Waals surface area contributed by atoms with Crippen LogP contribution >= 0.6 is 28.7 Å². The summed E-state index contributed by atoms with van der Waals surface area (Å²) in [5, 5.41) is 9.03. The quantitative estimate of drug-likeness (QED) is 0.709. The molecule has 0 aromatic heterocycles. The molecule has 2 unspecified atom stereocenters. The lowest BCUT2D eigenvalue weighted by atomic mass is 10.1. The van der Waals surface area contributed by atoms with Crippen LogP contribution in [0.4, 0.5) is 0 Å². The number of thioether (sulfide) groups is 1. The molecule has 0 aliphatic carbocycles. The van der Waals surface area contributed by atoms with Gasteiger partial charge in [-0.05, 0) is 5.56 Å². The number of fused-ring (bicyclic) bond motifs is 1. The van der Waals surface area contributed by atoms with Crippen LogP contribution in [0, 0.1) is 0 Å². The van der Waals surface area contributed by atoms with Crippen molar-refractivity contribution in [3.8, 4) is 0 Å². The standard InChI is InChI=1S/C16H18N2O5S2.BrH/c19-14(6-7-15(20)21)17-16-18(8-11-4-2-1-3-5-11)12-9-25(22,23)10-13(12)24-16;/h1-5,12-13H,6-10H2,(H,20,21);1H. The monoisotopic (exact) mass is 462 g/mol. The first-order valence-electron chi connectivity index (χ1n) is 7.85. The van der Waals surface area contributed by atoms with Crippen molar-refractivity contribution in [2.45, 2.75) is 30.7 Å². The molecule has 2 heterocycles. The fourth-order valence-electron chi connectivity index (χ4n) is 2.98. The first-order chi connectivity index (χ1) is 11.8. The molecular formula is C16H19BrN2O5S2. The molecule has 2 fully saturated rings. The van der Waals surface area contributed by atoms with Gasteiger partial charge in [-0.15, -0.1) is 17.0 Å². The predicted octanol–water partition coefficient (Wildman–Crippen LogP) is 1.73. The Kier molecular flexibility index (Phi) is 6.86. The van der Waals surface area contributed by atoms with Gasteiger partial charge in [-0.2, -0.15) is 4.99 Å². The van der Waals surface area contributed by atoms with Crippen molar-refractivity contribution < 1.29 is 23.1 Å². The number of aliphatic carboxylic acids is 1. The number of rotatable bonds is 5. The summed E-state index contributed by atoms with van der Waals surface area (Å²) in [6.07, 6.45) is -0.424. The molecule has 0 saturated carbocycles. The molecule has 2 atom stereocenters. The van der Waals surface area contributed by atoms with Crippen molar-refractivity contribution in [2.75, 3.05) is 11.5 Å². The van der Waals surface area contributed by atoms with Gasteiger partial charge in [-0.3, -0.25) is 9.59 Å². The molecule has 0 spiro atoms. The number of carboxylic acid groups (broad SMARTS) is 1. The van der Waals surface area contributed by atoms with Crippen molar-refractivity contribution >= 4 is 55.6 Å². The van der Waals surface area contributed by atoms with E-state index in [1.165, 1.54) is 11.8 Å². The normalized spacial score (nSPS) is 24.9. The Morgan fingerprint density at radius 3 is 2.54 bits per heavy atom. The highest BCUT2D eigenvalue weighted by atomic mass is 79.9. The number of amidine groups is 1. The van der Waals surface area contributed by atoms with E-state index in [1.54, 1.807) is 0 Å². The van der Waals surface area contributed by atoms with Gasteiger partial charge < -0.3 is 10.0 Å². The maximum atomic E-state index is 11.9. The zero-order valence-corrected chi connectivity index (χ0v) is 17.1. The molecular weight excluding hydrogens is 444 g/mol. The van der Waals surface area contributed by atoms with E-state index in [0.29, 0.717) is 11.7 Å². The molecule has 2 saturated heterocycles. The van der Waals surface area contributed by atoms with Crippen LogP contribution in [0.3, 0.4) is 0 Å². The third kappa shape index (κ3) is 5.08. The minimum atomic E-state index is -3.08. The number of hydrogen-bond acceptors (Lipinski definition) is 5.